The third kappa shape index (κ3) is 1.17. The van der Waals surface area contributed by atoms with Crippen molar-refractivity contribution < 1.29 is 4.48 Å². The van der Waals surface area contributed by atoms with Gasteiger partial charge in [0.2, 0.25) is 0 Å². The van der Waals surface area contributed by atoms with E-state index >= 15 is 0 Å². The molecular formula is C19H23N2+. The van der Waals surface area contributed by atoms with Gasteiger partial charge < -0.3 is 9.47 Å². The van der Waals surface area contributed by atoms with Crippen LogP contribution < -0.4 is 0 Å². The van der Waals surface area contributed by atoms with Crippen LogP contribution in [-0.4, -0.2) is 29.1 Å². The minimum absolute atomic E-state index is 0.286. The summed E-state index contributed by atoms with van der Waals surface area (Å²) >= 11 is 0. The number of benzene rings is 1. The van der Waals surface area contributed by atoms with E-state index in [1.54, 1.807) is 16.8 Å². The fourth-order valence-electron chi connectivity index (χ4n) is 5.81. The second-order valence-corrected chi connectivity index (χ2v) is 7.38. The van der Waals surface area contributed by atoms with Gasteiger partial charge >= 0.3 is 0 Å². The monoisotopic (exact) mass is 279 g/mol. The molecule has 1 aromatic heterocycles. The van der Waals surface area contributed by atoms with Crippen molar-refractivity contribution >= 4 is 10.9 Å². The molecule has 2 heteroatoms. The number of para-hydroxylation sites is 1. The Morgan fingerprint density at radius 3 is 3.00 bits per heavy atom. The van der Waals surface area contributed by atoms with Crippen molar-refractivity contribution in [3.05, 3.63) is 47.2 Å². The van der Waals surface area contributed by atoms with Crippen molar-refractivity contribution in [1.29, 1.82) is 0 Å². The number of quaternary nitrogens is 1. The Hall–Kier alpha value is -1.54. The maximum atomic E-state index is 3.83. The number of aromatic amines is 1. The van der Waals surface area contributed by atoms with E-state index in [-0.39, 0.29) is 5.54 Å². The van der Waals surface area contributed by atoms with E-state index < -0.39 is 0 Å². The van der Waals surface area contributed by atoms with E-state index in [9.17, 15) is 0 Å². The summed E-state index contributed by atoms with van der Waals surface area (Å²) in [6.07, 6.45) is 5.00. The lowest BCUT2D eigenvalue weighted by Crippen LogP contribution is -2.58. The van der Waals surface area contributed by atoms with Crippen molar-refractivity contribution in [2.24, 2.45) is 5.92 Å². The van der Waals surface area contributed by atoms with Gasteiger partial charge in [-0.25, -0.2) is 0 Å². The Labute approximate surface area is 126 Å². The van der Waals surface area contributed by atoms with E-state index in [2.05, 4.69) is 49.2 Å². The van der Waals surface area contributed by atoms with Crippen LogP contribution >= 0.6 is 0 Å². The number of piperidine rings is 1. The minimum atomic E-state index is 0.286. The Bertz CT molecular complexity index is 784. The van der Waals surface area contributed by atoms with Gasteiger partial charge in [0, 0.05) is 23.7 Å². The van der Waals surface area contributed by atoms with E-state index in [0.29, 0.717) is 0 Å². The predicted octanol–water partition coefficient (Wildman–Crippen LogP) is 3.74. The number of hydrogen-bond acceptors (Lipinski definition) is 0. The number of rotatable bonds is 0. The lowest BCUT2D eigenvalue weighted by molar-refractivity contribution is -0.961. The molecule has 4 heterocycles. The van der Waals surface area contributed by atoms with Crippen LogP contribution in [0.4, 0.5) is 0 Å². The van der Waals surface area contributed by atoms with E-state index in [4.69, 9.17) is 0 Å². The first kappa shape index (κ1) is 12.0. The molecule has 0 spiro atoms. The fourth-order valence-corrected chi connectivity index (χ4v) is 5.81. The highest BCUT2D eigenvalue weighted by Gasteiger charge is 2.67. The smallest absolute Gasteiger partial charge is 0.144 e. The zero-order chi connectivity index (χ0) is 14.2. The summed E-state index contributed by atoms with van der Waals surface area (Å²) in [6, 6.07) is 8.87. The predicted molar refractivity (Wildman–Crippen MR) is 86.1 cm³/mol. The fraction of sp³-hybridized carbons (Fsp3) is 0.474. The molecule has 1 aromatic carbocycles. The molecule has 0 saturated carbocycles. The first-order valence-corrected chi connectivity index (χ1v) is 8.31. The number of nitrogens with one attached hydrogen (secondary N) is 1. The van der Waals surface area contributed by atoms with Crippen LogP contribution in [0.5, 0.6) is 0 Å². The van der Waals surface area contributed by atoms with Crippen molar-refractivity contribution in [3.63, 3.8) is 0 Å². The number of H-pyrrole nitrogens is 1. The van der Waals surface area contributed by atoms with Gasteiger partial charge in [0.15, 0.2) is 0 Å². The molecule has 0 aliphatic carbocycles. The quantitative estimate of drug-likeness (QED) is 0.558. The molecule has 1 unspecified atom stereocenters. The van der Waals surface area contributed by atoms with Gasteiger partial charge in [0.05, 0.1) is 24.7 Å². The topological polar surface area (TPSA) is 15.8 Å². The average Bonchev–Trinajstić information content (AvgIpc) is 3.11. The highest BCUT2D eigenvalue weighted by molar-refractivity contribution is 5.85. The first-order valence-electron chi connectivity index (χ1n) is 8.31. The van der Waals surface area contributed by atoms with E-state index in [1.165, 1.54) is 47.9 Å². The average molecular weight is 279 g/mol. The Morgan fingerprint density at radius 1 is 1.29 bits per heavy atom. The Morgan fingerprint density at radius 2 is 2.14 bits per heavy atom. The summed E-state index contributed by atoms with van der Waals surface area (Å²) in [7, 11) is 0. The van der Waals surface area contributed by atoms with Gasteiger partial charge in [-0.15, -0.1) is 0 Å². The van der Waals surface area contributed by atoms with Gasteiger partial charge in [0.1, 0.15) is 12.1 Å². The van der Waals surface area contributed by atoms with Crippen LogP contribution in [0.3, 0.4) is 0 Å². The van der Waals surface area contributed by atoms with Gasteiger partial charge in [-0.05, 0) is 31.1 Å². The molecule has 2 aromatic rings. The molecule has 21 heavy (non-hydrogen) atoms. The van der Waals surface area contributed by atoms with Crippen LogP contribution in [0.15, 0.2) is 35.9 Å². The van der Waals surface area contributed by atoms with E-state index in [0.717, 1.165) is 5.92 Å². The molecule has 0 amide bonds. The zero-order valence-electron chi connectivity index (χ0n) is 12.9. The lowest BCUT2D eigenvalue weighted by atomic mass is 9.78. The number of hydrogen-bond donors (Lipinski definition) is 1. The van der Waals surface area contributed by atoms with Gasteiger partial charge in [-0.3, -0.25) is 0 Å². The standard InChI is InChI=1S/C19H23N2/c1-3-13-12-21-10-8-15-14-6-4-5-7-17(14)20-18(15)19(21,2)16(13)9-11-21/h3-7,16,20H,8-12H2,1-2H3/q+1/b13-3-/t16-,19-,21?/m1/s1. The maximum absolute atomic E-state index is 3.83. The van der Waals surface area contributed by atoms with Gasteiger partial charge in [-0.2, -0.15) is 0 Å². The molecule has 3 aliphatic heterocycles. The Balaban J connectivity index is 1.83. The number of fused-ring (bicyclic) bond motifs is 3. The summed E-state index contributed by atoms with van der Waals surface area (Å²) in [5, 5.41) is 1.46. The van der Waals surface area contributed by atoms with Crippen LogP contribution in [-0.2, 0) is 12.0 Å². The second-order valence-electron chi connectivity index (χ2n) is 7.38. The molecule has 0 radical (unpaired) electrons. The van der Waals surface area contributed by atoms with Crippen LogP contribution in [0, 0.1) is 5.92 Å². The summed E-state index contributed by atoms with van der Waals surface area (Å²) in [5.74, 6) is 0.745. The van der Waals surface area contributed by atoms with Crippen molar-refractivity contribution in [2.75, 3.05) is 19.6 Å². The van der Waals surface area contributed by atoms with Crippen molar-refractivity contribution in [1.82, 2.24) is 4.98 Å². The summed E-state index contributed by atoms with van der Waals surface area (Å²) < 4.78 is 1.30. The molecule has 5 rings (SSSR count). The summed E-state index contributed by atoms with van der Waals surface area (Å²) in [6.45, 7) is 8.74. The van der Waals surface area contributed by atoms with Crippen molar-refractivity contribution in [3.8, 4) is 0 Å². The highest BCUT2D eigenvalue weighted by Crippen LogP contribution is 2.60. The second kappa shape index (κ2) is 3.61. The SMILES string of the molecule is C/C=C1/C[N+]23CCc4c([nH]c5ccccc45)[C@@]2(C)[C@@H]1CC3. The molecular weight excluding hydrogens is 256 g/mol. The molecule has 2 nitrogen and oxygen atoms in total. The normalized spacial score (nSPS) is 39.0. The highest BCUT2D eigenvalue weighted by atomic mass is 15.5. The largest absolute Gasteiger partial charge is 0.353 e. The van der Waals surface area contributed by atoms with Gasteiger partial charge in [0.25, 0.3) is 0 Å². The zero-order valence-corrected chi connectivity index (χ0v) is 12.9. The van der Waals surface area contributed by atoms with Crippen LogP contribution in [0.2, 0.25) is 0 Å². The molecule has 1 N–H and O–H groups in total. The molecule has 2 bridgehead atoms. The van der Waals surface area contributed by atoms with Crippen molar-refractivity contribution in [2.45, 2.75) is 32.2 Å². The van der Waals surface area contributed by atoms with Crippen LogP contribution in [0.1, 0.15) is 31.5 Å². The third-order valence-electron chi connectivity index (χ3n) is 6.92. The number of allylic oxidation sites excluding steroid dienone is 1. The molecule has 2 fully saturated rings. The molecule has 3 atom stereocenters. The maximum Gasteiger partial charge on any atom is 0.144 e. The first-order chi connectivity index (χ1) is 10.2. The Kier molecular flexibility index (Phi) is 2.07. The summed E-state index contributed by atoms with van der Waals surface area (Å²) in [5.41, 5.74) is 6.48. The number of aromatic nitrogens is 1. The molecule has 108 valence electrons. The van der Waals surface area contributed by atoms with E-state index in [1.807, 2.05) is 0 Å². The van der Waals surface area contributed by atoms with Crippen LogP contribution in [0.25, 0.3) is 10.9 Å². The minimum Gasteiger partial charge on any atom is -0.353 e. The number of nitrogens with zero attached hydrogens (tertiary/aromatic N) is 1. The molecule has 3 aliphatic rings. The van der Waals surface area contributed by atoms with Gasteiger partial charge in [-0.1, -0.05) is 24.3 Å². The third-order valence-corrected chi connectivity index (χ3v) is 6.92. The summed E-state index contributed by atoms with van der Waals surface area (Å²) in [4.78, 5) is 3.83. The lowest BCUT2D eigenvalue weighted by Gasteiger charge is -2.46. The molecule has 2 saturated heterocycles.